The number of hydrogen-bond donors (Lipinski definition) is 3. The number of benzene rings is 1. The number of ether oxygens (including phenoxy) is 4. The molecule has 0 radical (unpaired) electrons. The van der Waals surface area contributed by atoms with E-state index in [2.05, 4.69) is 50.4 Å². The summed E-state index contributed by atoms with van der Waals surface area (Å²) in [7, 11) is 0. The average Bonchev–Trinajstić information content (AvgIpc) is 3.22. The molecule has 1 aliphatic heterocycles. The van der Waals surface area contributed by atoms with Gasteiger partial charge >= 0.3 is 11.9 Å². The molecule has 3 N–H and O–H groups in total. The second-order valence-electron chi connectivity index (χ2n) is 9.65. The van der Waals surface area contributed by atoms with Crippen molar-refractivity contribution in [2.75, 3.05) is 13.2 Å². The van der Waals surface area contributed by atoms with E-state index in [0.29, 0.717) is 25.4 Å². The molecule has 1 saturated carbocycles. The lowest BCUT2D eigenvalue weighted by Gasteiger charge is -2.25. The molecular weight excluding hydrogens is 442 g/mol. The third kappa shape index (κ3) is 9.90. The second kappa shape index (κ2) is 12.4. The van der Waals surface area contributed by atoms with Crippen molar-refractivity contribution in [3.8, 4) is 0 Å². The molecule has 34 heavy (non-hydrogen) atoms. The zero-order valence-electron chi connectivity index (χ0n) is 20.5. The van der Waals surface area contributed by atoms with Crippen LogP contribution in [0.3, 0.4) is 0 Å². The lowest BCUT2D eigenvalue weighted by Crippen LogP contribution is -2.39. The van der Waals surface area contributed by atoms with Gasteiger partial charge in [0.25, 0.3) is 0 Å². The van der Waals surface area contributed by atoms with Crippen molar-refractivity contribution in [3.63, 3.8) is 0 Å². The van der Waals surface area contributed by atoms with Crippen LogP contribution in [-0.2, 0) is 35.1 Å². The molecule has 0 spiro atoms. The van der Waals surface area contributed by atoms with E-state index >= 15 is 0 Å². The van der Waals surface area contributed by atoms with Gasteiger partial charge in [0.2, 0.25) is 0 Å². The molecule has 1 aromatic carbocycles. The van der Waals surface area contributed by atoms with Crippen molar-refractivity contribution in [1.29, 1.82) is 0 Å². The van der Waals surface area contributed by atoms with Gasteiger partial charge in [0.05, 0.1) is 24.9 Å². The van der Waals surface area contributed by atoms with Crippen LogP contribution in [0.2, 0.25) is 0 Å². The average molecular weight is 480 g/mol. The molecule has 9 heteroatoms. The van der Waals surface area contributed by atoms with Gasteiger partial charge in [-0.15, -0.1) is 0 Å². The van der Waals surface area contributed by atoms with E-state index in [-0.39, 0.29) is 30.0 Å². The molecule has 0 aromatic heterocycles. The summed E-state index contributed by atoms with van der Waals surface area (Å²) in [6.45, 7) is 12.1. The Morgan fingerprint density at radius 1 is 1.06 bits per heavy atom. The van der Waals surface area contributed by atoms with Gasteiger partial charge in [0, 0.05) is 24.7 Å². The van der Waals surface area contributed by atoms with Gasteiger partial charge in [-0.2, -0.15) is 0 Å². The van der Waals surface area contributed by atoms with Gasteiger partial charge < -0.3 is 34.5 Å². The summed E-state index contributed by atoms with van der Waals surface area (Å²) in [4.78, 5) is 19.1. The molecule has 1 saturated heterocycles. The Morgan fingerprint density at radius 3 is 2.21 bits per heavy atom. The van der Waals surface area contributed by atoms with Crippen molar-refractivity contribution in [2.24, 2.45) is 0 Å². The van der Waals surface area contributed by atoms with Crippen LogP contribution < -0.4 is 5.32 Å². The van der Waals surface area contributed by atoms with Gasteiger partial charge in [-0.1, -0.05) is 30.3 Å². The number of carboxylic acid groups (broad SMARTS) is 2. The topological polar surface area (TPSA) is 124 Å². The number of carbonyl (C=O) groups is 2. The minimum absolute atomic E-state index is 0.0160. The minimum Gasteiger partial charge on any atom is -0.478 e. The fourth-order valence-corrected chi connectivity index (χ4v) is 3.83. The number of nitrogens with one attached hydrogen (secondary N) is 1. The summed E-state index contributed by atoms with van der Waals surface area (Å²) in [5.74, 6) is -3.08. The van der Waals surface area contributed by atoms with Gasteiger partial charge in [0.1, 0.15) is 12.2 Å². The van der Waals surface area contributed by atoms with E-state index in [1.165, 1.54) is 5.56 Å². The van der Waals surface area contributed by atoms with Crippen molar-refractivity contribution in [2.45, 2.75) is 83.3 Å². The normalized spacial score (nSPS) is 25.6. The molecule has 0 unspecified atom stereocenters. The zero-order valence-corrected chi connectivity index (χ0v) is 20.5. The molecular formula is C25H37NO8. The lowest BCUT2D eigenvalue weighted by molar-refractivity contribution is -0.170. The first-order chi connectivity index (χ1) is 15.9. The van der Waals surface area contributed by atoms with E-state index in [1.54, 1.807) is 0 Å². The summed E-state index contributed by atoms with van der Waals surface area (Å²) < 4.78 is 24.2. The Hall–Kier alpha value is -2.30. The molecule has 0 amide bonds. The Labute approximate surface area is 201 Å². The molecule has 2 aliphatic rings. The second-order valence-corrected chi connectivity index (χ2v) is 9.65. The van der Waals surface area contributed by atoms with Crippen LogP contribution in [0.1, 0.15) is 46.6 Å². The summed E-state index contributed by atoms with van der Waals surface area (Å²) in [5.41, 5.74) is 1.13. The minimum atomic E-state index is -1.26. The molecule has 0 bridgehead atoms. The van der Waals surface area contributed by atoms with Crippen molar-refractivity contribution < 1.29 is 38.7 Å². The predicted molar refractivity (Wildman–Crippen MR) is 125 cm³/mol. The van der Waals surface area contributed by atoms with Crippen LogP contribution >= 0.6 is 0 Å². The van der Waals surface area contributed by atoms with Crippen molar-refractivity contribution >= 4 is 11.9 Å². The number of fused-ring (bicyclic) bond motifs is 1. The fourth-order valence-electron chi connectivity index (χ4n) is 3.83. The molecule has 190 valence electrons. The number of hydrogen-bond acceptors (Lipinski definition) is 7. The summed E-state index contributed by atoms with van der Waals surface area (Å²) in [6, 6.07) is 10.6. The predicted octanol–water partition coefficient (Wildman–Crippen LogP) is 2.98. The maximum absolute atomic E-state index is 9.55. The molecule has 4 atom stereocenters. The standard InChI is InChI=1S/C21H33NO4.C4H4O4/c1-20(2,3)24-12-11-23-17-13-16(18-19(17)26-21(4,5)25-18)22-14-15-9-7-6-8-10-15;5-3(6)1-2-4(7)8/h6-10,16-19,22H,11-14H2,1-5H3;1-2H,(H,5,6)(H,7,8)/b;2-1-/t16-,17+,18+,19-;/m1./s1. The largest absolute Gasteiger partial charge is 0.478 e. The Kier molecular flexibility index (Phi) is 10.2. The zero-order chi connectivity index (χ0) is 25.4. The molecule has 1 heterocycles. The quantitative estimate of drug-likeness (QED) is 0.362. The van der Waals surface area contributed by atoms with E-state index in [0.717, 1.165) is 13.0 Å². The molecule has 3 rings (SSSR count). The Morgan fingerprint density at radius 2 is 1.65 bits per heavy atom. The first-order valence-electron chi connectivity index (χ1n) is 11.4. The number of carboxylic acids is 2. The number of rotatable bonds is 9. The van der Waals surface area contributed by atoms with Crippen molar-refractivity contribution in [3.05, 3.63) is 48.0 Å². The molecule has 9 nitrogen and oxygen atoms in total. The fraction of sp³-hybridized carbons (Fsp3) is 0.600. The smallest absolute Gasteiger partial charge is 0.328 e. The molecule has 1 aromatic rings. The third-order valence-corrected chi connectivity index (χ3v) is 5.14. The highest BCUT2D eigenvalue weighted by molar-refractivity contribution is 5.89. The van der Waals surface area contributed by atoms with Gasteiger partial charge in [0.15, 0.2) is 5.79 Å². The van der Waals surface area contributed by atoms with Crippen LogP contribution in [0.5, 0.6) is 0 Å². The van der Waals surface area contributed by atoms with Crippen LogP contribution in [0.15, 0.2) is 42.5 Å². The summed E-state index contributed by atoms with van der Waals surface area (Å²) in [6.07, 6.45) is 2.01. The highest BCUT2D eigenvalue weighted by atomic mass is 16.8. The Balaban J connectivity index is 0.000000440. The third-order valence-electron chi connectivity index (χ3n) is 5.14. The van der Waals surface area contributed by atoms with E-state index in [9.17, 15) is 9.59 Å². The van der Waals surface area contributed by atoms with Gasteiger partial charge in [-0.25, -0.2) is 9.59 Å². The van der Waals surface area contributed by atoms with Crippen LogP contribution in [-0.4, -0.2) is 71.1 Å². The van der Waals surface area contributed by atoms with E-state index < -0.39 is 17.7 Å². The van der Waals surface area contributed by atoms with Crippen LogP contribution in [0.4, 0.5) is 0 Å². The molecule has 2 fully saturated rings. The van der Waals surface area contributed by atoms with Gasteiger partial charge in [-0.3, -0.25) is 0 Å². The summed E-state index contributed by atoms with van der Waals surface area (Å²) in [5, 5.41) is 19.3. The van der Waals surface area contributed by atoms with Crippen molar-refractivity contribution in [1.82, 2.24) is 5.32 Å². The maximum Gasteiger partial charge on any atom is 0.328 e. The van der Waals surface area contributed by atoms with E-state index in [4.69, 9.17) is 29.2 Å². The highest BCUT2D eigenvalue weighted by Gasteiger charge is 2.54. The van der Waals surface area contributed by atoms with Crippen LogP contribution in [0, 0.1) is 0 Å². The maximum atomic E-state index is 9.55. The SMILES string of the molecule is CC(C)(C)OCCO[C@H]1C[C@@H](NCc2ccccc2)[C@@H]2OC(C)(C)O[C@@H]21.O=C(O)/C=C\C(=O)O. The Bertz CT molecular complexity index is 802. The number of aliphatic carboxylic acids is 2. The summed E-state index contributed by atoms with van der Waals surface area (Å²) >= 11 is 0. The van der Waals surface area contributed by atoms with E-state index in [1.807, 2.05) is 19.9 Å². The highest BCUT2D eigenvalue weighted by Crippen LogP contribution is 2.39. The lowest BCUT2D eigenvalue weighted by atomic mass is 10.1. The van der Waals surface area contributed by atoms with Crippen LogP contribution in [0.25, 0.3) is 0 Å². The molecule has 1 aliphatic carbocycles. The van der Waals surface area contributed by atoms with Gasteiger partial charge in [-0.05, 0) is 46.6 Å². The first kappa shape index (κ1) is 27.9. The monoisotopic (exact) mass is 479 g/mol. The first-order valence-corrected chi connectivity index (χ1v) is 11.4.